The maximum absolute atomic E-state index is 13.6. The van der Waals surface area contributed by atoms with Gasteiger partial charge in [0.15, 0.2) is 11.5 Å². The first-order valence-electron chi connectivity index (χ1n) is 10.8. The van der Waals surface area contributed by atoms with Gasteiger partial charge < -0.3 is 14.5 Å². The highest BCUT2D eigenvalue weighted by molar-refractivity contribution is 7.89. The number of fused-ring (bicyclic) bond motifs is 1. The number of pyridine rings is 1. The van der Waals surface area contributed by atoms with Crippen LogP contribution in [0.1, 0.15) is 16.7 Å². The number of H-pyrrole nitrogens is 1. The quantitative estimate of drug-likeness (QED) is 0.391. The smallest absolute Gasteiger partial charge is 0.252 e. The zero-order valence-corrected chi connectivity index (χ0v) is 20.4. The number of halogens is 1. The van der Waals surface area contributed by atoms with Gasteiger partial charge in [0.2, 0.25) is 10.0 Å². The van der Waals surface area contributed by atoms with Gasteiger partial charge in [0.05, 0.1) is 24.6 Å². The van der Waals surface area contributed by atoms with E-state index in [1.807, 2.05) is 6.92 Å². The topological polar surface area (TPSA) is 88.7 Å². The Morgan fingerprint density at radius 2 is 1.51 bits per heavy atom. The Kier molecular flexibility index (Phi) is 6.90. The lowest BCUT2D eigenvalue weighted by atomic mass is 10.1. The Labute approximate surface area is 202 Å². The van der Waals surface area contributed by atoms with Gasteiger partial charge >= 0.3 is 0 Å². The van der Waals surface area contributed by atoms with Gasteiger partial charge in [-0.1, -0.05) is 29.8 Å². The Morgan fingerprint density at radius 1 is 0.886 bits per heavy atom. The van der Waals surface area contributed by atoms with E-state index in [4.69, 9.17) is 9.47 Å². The van der Waals surface area contributed by atoms with Crippen molar-refractivity contribution in [2.45, 2.75) is 24.9 Å². The van der Waals surface area contributed by atoms with Crippen molar-refractivity contribution in [1.29, 1.82) is 0 Å². The SMILES string of the molecule is COc1cc2cc(CN(Cc3ccc(F)cc3)S(=O)(=O)c3ccc(C)cc3)c(=O)[nH]c2cc1OC. The average Bonchev–Trinajstić information content (AvgIpc) is 2.84. The molecule has 7 nitrogen and oxygen atoms in total. The normalized spacial score (nSPS) is 11.7. The van der Waals surface area contributed by atoms with Crippen molar-refractivity contribution in [3.63, 3.8) is 0 Å². The summed E-state index contributed by atoms with van der Waals surface area (Å²) in [7, 11) is -0.968. The number of nitrogens with one attached hydrogen (secondary N) is 1. The first-order chi connectivity index (χ1) is 16.7. The Balaban J connectivity index is 1.78. The number of ether oxygens (including phenoxy) is 2. The Hall–Kier alpha value is -3.69. The van der Waals surface area contributed by atoms with E-state index in [0.29, 0.717) is 28.0 Å². The molecular weight excluding hydrogens is 471 g/mol. The van der Waals surface area contributed by atoms with Crippen LogP contribution in [0.2, 0.25) is 0 Å². The van der Waals surface area contributed by atoms with Gasteiger partial charge in [0.1, 0.15) is 5.82 Å². The number of methoxy groups -OCH3 is 2. The molecule has 0 atom stereocenters. The molecule has 0 saturated heterocycles. The van der Waals surface area contributed by atoms with Crippen LogP contribution in [0.3, 0.4) is 0 Å². The molecule has 0 radical (unpaired) electrons. The van der Waals surface area contributed by atoms with Crippen LogP contribution in [-0.4, -0.2) is 31.9 Å². The molecule has 182 valence electrons. The van der Waals surface area contributed by atoms with Crippen LogP contribution in [0.5, 0.6) is 11.5 Å². The van der Waals surface area contributed by atoms with Crippen molar-refractivity contribution in [3.05, 3.63) is 99.6 Å². The average molecular weight is 497 g/mol. The molecular formula is C26H25FN2O5S. The molecule has 4 aromatic rings. The summed E-state index contributed by atoms with van der Waals surface area (Å²) in [5, 5.41) is 0.659. The second-order valence-electron chi connectivity index (χ2n) is 8.13. The summed E-state index contributed by atoms with van der Waals surface area (Å²) < 4.78 is 52.4. The summed E-state index contributed by atoms with van der Waals surface area (Å²) in [4.78, 5) is 15.8. The summed E-state index contributed by atoms with van der Waals surface area (Å²) in [6.45, 7) is 1.64. The molecule has 0 aliphatic rings. The summed E-state index contributed by atoms with van der Waals surface area (Å²) in [5.74, 6) is 0.522. The fraction of sp³-hybridized carbons (Fsp3) is 0.192. The standard InChI is InChI=1S/C26H25FN2O5S/c1-17-4-10-22(11-5-17)35(31,32)29(15-18-6-8-21(27)9-7-18)16-20-12-19-13-24(33-2)25(34-3)14-23(19)28-26(20)30/h4-14H,15-16H2,1-3H3,(H,28,30). The van der Waals surface area contributed by atoms with E-state index in [1.165, 1.54) is 54.9 Å². The van der Waals surface area contributed by atoms with Crippen LogP contribution in [0.4, 0.5) is 4.39 Å². The number of sulfonamides is 1. The third kappa shape index (κ3) is 5.21. The molecule has 35 heavy (non-hydrogen) atoms. The summed E-state index contributed by atoms with van der Waals surface area (Å²) in [6.07, 6.45) is 0. The largest absolute Gasteiger partial charge is 0.493 e. The van der Waals surface area contributed by atoms with Gasteiger partial charge in [-0.25, -0.2) is 12.8 Å². The van der Waals surface area contributed by atoms with Crippen LogP contribution in [0.15, 0.2) is 76.4 Å². The fourth-order valence-electron chi connectivity index (χ4n) is 3.76. The van der Waals surface area contributed by atoms with Crippen LogP contribution < -0.4 is 15.0 Å². The zero-order chi connectivity index (χ0) is 25.2. The van der Waals surface area contributed by atoms with E-state index in [-0.39, 0.29) is 23.5 Å². The minimum absolute atomic E-state index is 0.0418. The molecule has 0 bridgehead atoms. The lowest BCUT2D eigenvalue weighted by Gasteiger charge is -2.22. The molecule has 9 heteroatoms. The number of nitrogens with zero attached hydrogens (tertiary/aromatic N) is 1. The fourth-order valence-corrected chi connectivity index (χ4v) is 5.17. The monoisotopic (exact) mass is 496 g/mol. The zero-order valence-electron chi connectivity index (χ0n) is 19.5. The molecule has 0 saturated carbocycles. The molecule has 1 heterocycles. The highest BCUT2D eigenvalue weighted by Gasteiger charge is 2.26. The van der Waals surface area contributed by atoms with Crippen molar-refractivity contribution in [2.75, 3.05) is 14.2 Å². The first-order valence-corrected chi connectivity index (χ1v) is 12.2. The maximum atomic E-state index is 13.6. The minimum atomic E-state index is -3.98. The predicted molar refractivity (Wildman–Crippen MR) is 132 cm³/mol. The molecule has 0 aliphatic heterocycles. The second-order valence-corrected chi connectivity index (χ2v) is 10.1. The Bertz CT molecular complexity index is 1510. The van der Waals surface area contributed by atoms with E-state index in [2.05, 4.69) is 4.98 Å². The lowest BCUT2D eigenvalue weighted by Crippen LogP contribution is -2.32. The molecule has 0 unspecified atom stereocenters. The third-order valence-electron chi connectivity index (χ3n) is 5.70. The number of benzene rings is 3. The van der Waals surface area contributed by atoms with Crippen molar-refractivity contribution < 1.29 is 22.3 Å². The number of aryl methyl sites for hydroxylation is 1. The van der Waals surface area contributed by atoms with E-state index in [0.717, 1.165) is 5.56 Å². The van der Waals surface area contributed by atoms with E-state index in [1.54, 1.807) is 30.3 Å². The molecule has 0 spiro atoms. The molecule has 3 aromatic carbocycles. The van der Waals surface area contributed by atoms with Gasteiger partial charge in [0.25, 0.3) is 5.56 Å². The molecule has 0 amide bonds. The molecule has 1 aromatic heterocycles. The summed E-state index contributed by atoms with van der Waals surface area (Å²) >= 11 is 0. The van der Waals surface area contributed by atoms with Crippen molar-refractivity contribution in [3.8, 4) is 11.5 Å². The van der Waals surface area contributed by atoms with Crippen LogP contribution in [0, 0.1) is 12.7 Å². The summed E-state index contributed by atoms with van der Waals surface area (Å²) in [6, 6.07) is 17.1. The van der Waals surface area contributed by atoms with E-state index < -0.39 is 21.4 Å². The van der Waals surface area contributed by atoms with Gasteiger partial charge in [-0.2, -0.15) is 4.31 Å². The van der Waals surface area contributed by atoms with E-state index >= 15 is 0 Å². The van der Waals surface area contributed by atoms with Crippen LogP contribution in [0.25, 0.3) is 10.9 Å². The maximum Gasteiger partial charge on any atom is 0.252 e. The highest BCUT2D eigenvalue weighted by Crippen LogP contribution is 2.31. The molecule has 1 N–H and O–H groups in total. The van der Waals surface area contributed by atoms with Crippen molar-refractivity contribution in [1.82, 2.24) is 9.29 Å². The van der Waals surface area contributed by atoms with Gasteiger partial charge in [-0.15, -0.1) is 0 Å². The summed E-state index contributed by atoms with van der Waals surface area (Å²) in [5.41, 5.74) is 1.87. The predicted octanol–water partition coefficient (Wildman–Crippen LogP) is 4.38. The third-order valence-corrected chi connectivity index (χ3v) is 7.51. The second kappa shape index (κ2) is 9.89. The van der Waals surface area contributed by atoms with Crippen molar-refractivity contribution >= 4 is 20.9 Å². The highest BCUT2D eigenvalue weighted by atomic mass is 32.2. The minimum Gasteiger partial charge on any atom is -0.493 e. The molecule has 0 aliphatic carbocycles. The number of rotatable bonds is 8. The van der Waals surface area contributed by atoms with Gasteiger partial charge in [-0.05, 0) is 48.9 Å². The number of hydrogen-bond acceptors (Lipinski definition) is 5. The van der Waals surface area contributed by atoms with Crippen LogP contribution in [-0.2, 0) is 23.1 Å². The van der Waals surface area contributed by atoms with E-state index in [9.17, 15) is 17.6 Å². The number of hydrogen-bond donors (Lipinski definition) is 1. The number of aromatic nitrogens is 1. The van der Waals surface area contributed by atoms with Gasteiger partial charge in [0, 0.05) is 30.1 Å². The van der Waals surface area contributed by atoms with Crippen LogP contribution >= 0.6 is 0 Å². The Morgan fingerprint density at radius 3 is 2.14 bits per heavy atom. The van der Waals surface area contributed by atoms with Gasteiger partial charge in [-0.3, -0.25) is 4.79 Å². The lowest BCUT2D eigenvalue weighted by molar-refractivity contribution is 0.355. The molecule has 4 rings (SSSR count). The van der Waals surface area contributed by atoms with Crippen molar-refractivity contribution in [2.24, 2.45) is 0 Å². The molecule has 0 fully saturated rings. The first kappa shape index (κ1) is 24.4. The number of aromatic amines is 1.